The van der Waals surface area contributed by atoms with Crippen molar-refractivity contribution in [3.63, 3.8) is 0 Å². The summed E-state index contributed by atoms with van der Waals surface area (Å²) in [6.45, 7) is 4.31. The van der Waals surface area contributed by atoms with Crippen LogP contribution in [-0.2, 0) is 11.2 Å². The van der Waals surface area contributed by atoms with E-state index in [4.69, 9.17) is 5.11 Å². The Morgan fingerprint density at radius 1 is 1.44 bits per heavy atom. The monoisotopic (exact) mass is 271 g/mol. The first-order valence-electron chi connectivity index (χ1n) is 5.76. The SMILES string of the molecule is CCc1nc(NC(=O)NCCCC(=O)O)sc1C. The van der Waals surface area contributed by atoms with Crippen molar-refractivity contribution in [1.29, 1.82) is 0 Å². The molecule has 7 heteroatoms. The highest BCUT2D eigenvalue weighted by molar-refractivity contribution is 7.15. The lowest BCUT2D eigenvalue weighted by Crippen LogP contribution is -2.29. The van der Waals surface area contributed by atoms with E-state index in [9.17, 15) is 9.59 Å². The molecule has 1 aromatic rings. The number of aromatic nitrogens is 1. The van der Waals surface area contributed by atoms with Gasteiger partial charge >= 0.3 is 12.0 Å². The average molecular weight is 271 g/mol. The van der Waals surface area contributed by atoms with Gasteiger partial charge in [-0.1, -0.05) is 6.92 Å². The molecule has 0 spiro atoms. The van der Waals surface area contributed by atoms with Crippen LogP contribution in [0, 0.1) is 6.92 Å². The third-order valence-electron chi connectivity index (χ3n) is 2.30. The maximum atomic E-state index is 11.5. The Labute approximate surface area is 109 Å². The summed E-state index contributed by atoms with van der Waals surface area (Å²) < 4.78 is 0. The molecule has 0 aliphatic carbocycles. The number of thiazole rings is 1. The van der Waals surface area contributed by atoms with Crippen LogP contribution >= 0.6 is 11.3 Å². The van der Waals surface area contributed by atoms with Crippen LogP contribution in [0.2, 0.25) is 0 Å². The zero-order valence-electron chi connectivity index (χ0n) is 10.4. The van der Waals surface area contributed by atoms with E-state index in [1.54, 1.807) is 0 Å². The van der Waals surface area contributed by atoms with E-state index in [1.165, 1.54) is 11.3 Å². The average Bonchev–Trinajstić information content (AvgIpc) is 2.64. The first kappa shape index (κ1) is 14.4. The number of nitrogens with one attached hydrogen (secondary N) is 2. The molecule has 100 valence electrons. The third kappa shape index (κ3) is 4.70. The number of carbonyl (C=O) groups is 2. The number of anilines is 1. The van der Waals surface area contributed by atoms with Crippen molar-refractivity contribution >= 4 is 28.5 Å². The van der Waals surface area contributed by atoms with E-state index < -0.39 is 5.97 Å². The molecule has 0 aliphatic heterocycles. The highest BCUT2D eigenvalue weighted by Crippen LogP contribution is 2.21. The first-order valence-corrected chi connectivity index (χ1v) is 6.57. The molecule has 1 heterocycles. The quantitative estimate of drug-likeness (QED) is 0.690. The number of aliphatic carboxylic acids is 1. The van der Waals surface area contributed by atoms with Gasteiger partial charge in [0.1, 0.15) is 0 Å². The zero-order chi connectivity index (χ0) is 13.5. The van der Waals surface area contributed by atoms with Gasteiger partial charge in [0.25, 0.3) is 0 Å². The largest absolute Gasteiger partial charge is 0.481 e. The lowest BCUT2D eigenvalue weighted by atomic mass is 10.3. The second-order valence-corrected chi connectivity index (χ2v) is 4.96. The molecule has 0 unspecified atom stereocenters. The maximum Gasteiger partial charge on any atom is 0.321 e. The van der Waals surface area contributed by atoms with Gasteiger partial charge in [-0.25, -0.2) is 9.78 Å². The standard InChI is InChI=1S/C11H17N3O3S/c1-3-8-7(2)18-11(13-8)14-10(17)12-6-4-5-9(15)16/h3-6H2,1-2H3,(H,15,16)(H2,12,13,14,17). The molecule has 18 heavy (non-hydrogen) atoms. The van der Waals surface area contributed by atoms with Crippen molar-refractivity contribution in [3.8, 4) is 0 Å². The van der Waals surface area contributed by atoms with Crippen molar-refractivity contribution in [3.05, 3.63) is 10.6 Å². The number of urea groups is 1. The fraction of sp³-hybridized carbons (Fsp3) is 0.545. The first-order chi connectivity index (χ1) is 8.52. The predicted octanol–water partition coefficient (Wildman–Crippen LogP) is 2.00. The molecule has 3 N–H and O–H groups in total. The number of carboxylic acids is 1. The summed E-state index contributed by atoms with van der Waals surface area (Å²) in [7, 11) is 0. The van der Waals surface area contributed by atoms with E-state index in [1.807, 2.05) is 13.8 Å². The normalized spacial score (nSPS) is 10.1. The van der Waals surface area contributed by atoms with Crippen molar-refractivity contribution in [1.82, 2.24) is 10.3 Å². The van der Waals surface area contributed by atoms with Crippen LogP contribution in [0.3, 0.4) is 0 Å². The molecular weight excluding hydrogens is 254 g/mol. The summed E-state index contributed by atoms with van der Waals surface area (Å²) in [5.41, 5.74) is 0.987. The van der Waals surface area contributed by atoms with Gasteiger partial charge in [-0.15, -0.1) is 11.3 Å². The van der Waals surface area contributed by atoms with Crippen LogP contribution in [0.4, 0.5) is 9.93 Å². The Balaban J connectivity index is 2.33. The molecule has 6 nitrogen and oxygen atoms in total. The van der Waals surface area contributed by atoms with E-state index in [0.29, 0.717) is 18.1 Å². The van der Waals surface area contributed by atoms with Crippen LogP contribution in [-0.4, -0.2) is 28.6 Å². The molecule has 1 rings (SSSR count). The number of nitrogens with zero attached hydrogens (tertiary/aromatic N) is 1. The van der Waals surface area contributed by atoms with Gasteiger partial charge in [0.15, 0.2) is 5.13 Å². The smallest absolute Gasteiger partial charge is 0.321 e. The molecule has 2 amide bonds. The number of aryl methyl sites for hydroxylation is 2. The summed E-state index contributed by atoms with van der Waals surface area (Å²) in [5, 5.41) is 14.2. The Morgan fingerprint density at radius 3 is 2.72 bits per heavy atom. The van der Waals surface area contributed by atoms with Crippen molar-refractivity contribution < 1.29 is 14.7 Å². The second-order valence-electron chi connectivity index (χ2n) is 3.75. The summed E-state index contributed by atoms with van der Waals surface area (Å²) >= 11 is 1.43. The van der Waals surface area contributed by atoms with Crippen LogP contribution in [0.1, 0.15) is 30.3 Å². The Morgan fingerprint density at radius 2 is 2.17 bits per heavy atom. The molecular formula is C11H17N3O3S. The molecule has 0 radical (unpaired) electrons. The highest BCUT2D eigenvalue weighted by Gasteiger charge is 2.08. The molecule has 0 atom stereocenters. The molecule has 0 aliphatic rings. The fourth-order valence-electron chi connectivity index (χ4n) is 1.39. The van der Waals surface area contributed by atoms with Crippen LogP contribution < -0.4 is 10.6 Å². The van der Waals surface area contributed by atoms with E-state index in [2.05, 4.69) is 15.6 Å². The van der Waals surface area contributed by atoms with E-state index in [0.717, 1.165) is 17.0 Å². The van der Waals surface area contributed by atoms with Gasteiger partial charge in [0, 0.05) is 17.8 Å². The topological polar surface area (TPSA) is 91.3 Å². The Hall–Kier alpha value is -1.63. The van der Waals surface area contributed by atoms with Gasteiger partial charge < -0.3 is 10.4 Å². The minimum Gasteiger partial charge on any atom is -0.481 e. The van der Waals surface area contributed by atoms with Crippen LogP contribution in [0.25, 0.3) is 0 Å². The maximum absolute atomic E-state index is 11.5. The molecule has 0 aromatic carbocycles. The lowest BCUT2D eigenvalue weighted by Gasteiger charge is -2.03. The minimum atomic E-state index is -0.861. The molecule has 0 bridgehead atoms. The summed E-state index contributed by atoms with van der Waals surface area (Å²) in [4.78, 5) is 27.1. The van der Waals surface area contributed by atoms with Crippen LogP contribution in [0.5, 0.6) is 0 Å². The number of hydrogen-bond acceptors (Lipinski definition) is 4. The van der Waals surface area contributed by atoms with E-state index >= 15 is 0 Å². The molecule has 0 saturated heterocycles. The summed E-state index contributed by atoms with van der Waals surface area (Å²) in [6, 6.07) is -0.350. The zero-order valence-corrected chi connectivity index (χ0v) is 11.3. The molecule has 0 fully saturated rings. The number of hydrogen-bond donors (Lipinski definition) is 3. The van der Waals surface area contributed by atoms with Gasteiger partial charge in [0.05, 0.1) is 5.69 Å². The predicted molar refractivity (Wildman–Crippen MR) is 70.1 cm³/mol. The summed E-state index contributed by atoms with van der Waals surface area (Å²) in [5.74, 6) is -0.861. The van der Waals surface area contributed by atoms with Gasteiger partial charge in [-0.2, -0.15) is 0 Å². The molecule has 1 aromatic heterocycles. The number of amides is 2. The van der Waals surface area contributed by atoms with Gasteiger partial charge in [-0.3, -0.25) is 10.1 Å². The Kier molecular flexibility index (Phi) is 5.57. The third-order valence-corrected chi connectivity index (χ3v) is 3.23. The van der Waals surface area contributed by atoms with Crippen molar-refractivity contribution in [2.75, 3.05) is 11.9 Å². The number of carbonyl (C=O) groups excluding carboxylic acids is 1. The van der Waals surface area contributed by atoms with Crippen molar-refractivity contribution in [2.24, 2.45) is 0 Å². The van der Waals surface area contributed by atoms with Crippen LogP contribution in [0.15, 0.2) is 0 Å². The Bertz CT molecular complexity index is 431. The molecule has 0 saturated carbocycles. The minimum absolute atomic E-state index is 0.0522. The summed E-state index contributed by atoms with van der Waals surface area (Å²) in [6.07, 6.45) is 1.31. The fourth-order valence-corrected chi connectivity index (χ4v) is 2.29. The van der Waals surface area contributed by atoms with Gasteiger partial charge in [-0.05, 0) is 19.8 Å². The number of rotatable bonds is 6. The second kappa shape index (κ2) is 6.95. The van der Waals surface area contributed by atoms with Gasteiger partial charge in [0.2, 0.25) is 0 Å². The highest BCUT2D eigenvalue weighted by atomic mass is 32.1. The number of carboxylic acid groups (broad SMARTS) is 1. The lowest BCUT2D eigenvalue weighted by molar-refractivity contribution is -0.137. The van der Waals surface area contributed by atoms with Crippen molar-refractivity contribution in [2.45, 2.75) is 33.1 Å². The van der Waals surface area contributed by atoms with E-state index in [-0.39, 0.29) is 12.5 Å².